The lowest BCUT2D eigenvalue weighted by atomic mass is 10.1. The number of aliphatic hydroxyl groups is 1. The van der Waals surface area contributed by atoms with Crippen molar-refractivity contribution in [3.63, 3.8) is 0 Å². The zero-order chi connectivity index (χ0) is 15.2. The standard InChI is InChI=1S/C17H18N4O/c1-17(22)6-8-21(11-17)13-4-2-3-12(9-13)15-10-19-16-14(20-15)5-7-18-16/h2-5,7,9-10,22H,6,8,11H2,1H3,(H,18,19). The topological polar surface area (TPSA) is 65.0 Å². The van der Waals surface area contributed by atoms with E-state index in [-0.39, 0.29) is 0 Å². The summed E-state index contributed by atoms with van der Waals surface area (Å²) in [5.74, 6) is 0. The van der Waals surface area contributed by atoms with Crippen molar-refractivity contribution in [1.82, 2.24) is 15.0 Å². The molecule has 4 rings (SSSR count). The molecule has 0 saturated carbocycles. The van der Waals surface area contributed by atoms with E-state index in [0.717, 1.165) is 41.1 Å². The highest BCUT2D eigenvalue weighted by Crippen LogP contribution is 2.29. The molecule has 0 radical (unpaired) electrons. The van der Waals surface area contributed by atoms with Gasteiger partial charge in [-0.25, -0.2) is 9.97 Å². The fourth-order valence-electron chi connectivity index (χ4n) is 3.00. The quantitative estimate of drug-likeness (QED) is 0.762. The summed E-state index contributed by atoms with van der Waals surface area (Å²) in [6, 6.07) is 10.2. The number of anilines is 1. The third kappa shape index (κ3) is 2.33. The molecule has 3 aromatic rings. The molecule has 0 bridgehead atoms. The molecule has 1 aromatic carbocycles. The van der Waals surface area contributed by atoms with Gasteiger partial charge in [0.2, 0.25) is 0 Å². The van der Waals surface area contributed by atoms with Gasteiger partial charge in [0.25, 0.3) is 0 Å². The van der Waals surface area contributed by atoms with Gasteiger partial charge in [0.1, 0.15) is 5.52 Å². The van der Waals surface area contributed by atoms with E-state index in [2.05, 4.69) is 32.0 Å². The summed E-state index contributed by atoms with van der Waals surface area (Å²) in [5, 5.41) is 10.1. The van der Waals surface area contributed by atoms with Crippen molar-refractivity contribution in [2.75, 3.05) is 18.0 Å². The Kier molecular flexibility index (Phi) is 2.90. The Morgan fingerprint density at radius 2 is 2.23 bits per heavy atom. The molecule has 112 valence electrons. The summed E-state index contributed by atoms with van der Waals surface area (Å²) >= 11 is 0. The molecule has 2 aromatic heterocycles. The SMILES string of the molecule is CC1(O)CCN(c2cccc(-c3cnc4[nH]ccc4n3)c2)C1. The maximum Gasteiger partial charge on any atom is 0.156 e. The number of nitrogens with zero attached hydrogens (tertiary/aromatic N) is 3. The van der Waals surface area contributed by atoms with E-state index in [0.29, 0.717) is 6.54 Å². The molecule has 0 aliphatic carbocycles. The Hall–Kier alpha value is -2.40. The van der Waals surface area contributed by atoms with Crippen molar-refractivity contribution in [2.45, 2.75) is 18.9 Å². The first-order valence-electron chi connectivity index (χ1n) is 7.49. The minimum atomic E-state index is -0.597. The fraction of sp³-hybridized carbons (Fsp3) is 0.294. The molecular formula is C17H18N4O. The summed E-state index contributed by atoms with van der Waals surface area (Å²) < 4.78 is 0. The number of H-pyrrole nitrogens is 1. The van der Waals surface area contributed by atoms with Crippen LogP contribution in [0.3, 0.4) is 0 Å². The van der Waals surface area contributed by atoms with Crippen LogP contribution in [-0.4, -0.2) is 38.7 Å². The molecule has 1 unspecified atom stereocenters. The van der Waals surface area contributed by atoms with Crippen molar-refractivity contribution in [3.8, 4) is 11.3 Å². The van der Waals surface area contributed by atoms with E-state index in [4.69, 9.17) is 0 Å². The summed E-state index contributed by atoms with van der Waals surface area (Å²) in [6.45, 7) is 3.43. The molecule has 1 aliphatic rings. The van der Waals surface area contributed by atoms with Crippen LogP contribution in [0.4, 0.5) is 5.69 Å². The van der Waals surface area contributed by atoms with Crippen LogP contribution in [0.15, 0.2) is 42.7 Å². The average molecular weight is 294 g/mol. The summed E-state index contributed by atoms with van der Waals surface area (Å²) in [5.41, 5.74) is 4.09. The van der Waals surface area contributed by atoms with Crippen LogP contribution < -0.4 is 4.90 Å². The molecular weight excluding hydrogens is 276 g/mol. The molecule has 0 spiro atoms. The van der Waals surface area contributed by atoms with Gasteiger partial charge in [-0.05, 0) is 31.5 Å². The van der Waals surface area contributed by atoms with Gasteiger partial charge in [-0.2, -0.15) is 0 Å². The Bertz CT molecular complexity index is 824. The zero-order valence-electron chi connectivity index (χ0n) is 12.5. The second-order valence-corrected chi connectivity index (χ2v) is 6.19. The van der Waals surface area contributed by atoms with Gasteiger partial charge < -0.3 is 15.0 Å². The maximum absolute atomic E-state index is 10.1. The third-order valence-electron chi connectivity index (χ3n) is 4.22. The van der Waals surface area contributed by atoms with Crippen molar-refractivity contribution in [1.29, 1.82) is 0 Å². The van der Waals surface area contributed by atoms with Crippen LogP contribution in [-0.2, 0) is 0 Å². The number of rotatable bonds is 2. The fourth-order valence-corrected chi connectivity index (χ4v) is 3.00. The molecule has 1 fully saturated rings. The number of benzene rings is 1. The average Bonchev–Trinajstić information content (AvgIpc) is 3.12. The predicted octanol–water partition coefficient (Wildman–Crippen LogP) is 2.59. The molecule has 1 saturated heterocycles. The highest BCUT2D eigenvalue weighted by Gasteiger charge is 2.31. The minimum absolute atomic E-state index is 0.597. The van der Waals surface area contributed by atoms with E-state index in [1.54, 1.807) is 6.20 Å². The molecule has 1 atom stereocenters. The van der Waals surface area contributed by atoms with Crippen molar-refractivity contribution in [2.24, 2.45) is 0 Å². The zero-order valence-corrected chi connectivity index (χ0v) is 12.5. The van der Waals surface area contributed by atoms with Gasteiger partial charge in [0, 0.05) is 30.5 Å². The number of β-amino-alcohol motifs (C(OH)–C–C–N with tert-alkyl or cyclic N) is 1. The van der Waals surface area contributed by atoms with E-state index in [1.165, 1.54) is 0 Å². The number of aromatic amines is 1. The molecule has 5 nitrogen and oxygen atoms in total. The van der Waals surface area contributed by atoms with Gasteiger partial charge in [-0.1, -0.05) is 12.1 Å². The van der Waals surface area contributed by atoms with Gasteiger partial charge in [-0.15, -0.1) is 0 Å². The molecule has 1 aliphatic heterocycles. The lowest BCUT2D eigenvalue weighted by Crippen LogP contribution is -2.29. The maximum atomic E-state index is 10.1. The predicted molar refractivity (Wildman–Crippen MR) is 86.8 cm³/mol. The van der Waals surface area contributed by atoms with Crippen LogP contribution in [0, 0.1) is 0 Å². The van der Waals surface area contributed by atoms with Crippen molar-refractivity contribution < 1.29 is 5.11 Å². The Morgan fingerprint density at radius 3 is 3.05 bits per heavy atom. The van der Waals surface area contributed by atoms with Crippen LogP contribution in [0.25, 0.3) is 22.4 Å². The number of nitrogens with one attached hydrogen (secondary N) is 1. The van der Waals surface area contributed by atoms with E-state index < -0.39 is 5.60 Å². The van der Waals surface area contributed by atoms with Crippen LogP contribution in [0.5, 0.6) is 0 Å². The Balaban J connectivity index is 1.69. The molecule has 2 N–H and O–H groups in total. The second kappa shape index (κ2) is 4.81. The van der Waals surface area contributed by atoms with Crippen LogP contribution in [0.1, 0.15) is 13.3 Å². The monoisotopic (exact) mass is 294 g/mol. The first-order chi connectivity index (χ1) is 10.6. The van der Waals surface area contributed by atoms with Gasteiger partial charge in [0.15, 0.2) is 5.65 Å². The van der Waals surface area contributed by atoms with Gasteiger partial charge in [-0.3, -0.25) is 0 Å². The lowest BCUT2D eigenvalue weighted by molar-refractivity contribution is 0.0839. The van der Waals surface area contributed by atoms with E-state index in [9.17, 15) is 5.11 Å². The Labute approximate surface area is 128 Å². The second-order valence-electron chi connectivity index (χ2n) is 6.19. The van der Waals surface area contributed by atoms with Crippen molar-refractivity contribution >= 4 is 16.9 Å². The number of hydrogen-bond acceptors (Lipinski definition) is 4. The first kappa shape index (κ1) is 13.3. The van der Waals surface area contributed by atoms with Crippen LogP contribution >= 0.6 is 0 Å². The smallest absolute Gasteiger partial charge is 0.156 e. The van der Waals surface area contributed by atoms with E-state index >= 15 is 0 Å². The van der Waals surface area contributed by atoms with Gasteiger partial charge >= 0.3 is 0 Å². The summed E-state index contributed by atoms with van der Waals surface area (Å²) in [7, 11) is 0. The van der Waals surface area contributed by atoms with Gasteiger partial charge in [0.05, 0.1) is 17.5 Å². The lowest BCUT2D eigenvalue weighted by Gasteiger charge is -2.21. The summed E-state index contributed by atoms with van der Waals surface area (Å²) in [6.07, 6.45) is 4.43. The normalized spacial score (nSPS) is 21.6. The number of hydrogen-bond donors (Lipinski definition) is 2. The highest BCUT2D eigenvalue weighted by molar-refractivity contribution is 5.75. The molecule has 3 heterocycles. The Morgan fingerprint density at radius 1 is 1.32 bits per heavy atom. The largest absolute Gasteiger partial charge is 0.388 e. The first-order valence-corrected chi connectivity index (χ1v) is 7.49. The molecule has 0 amide bonds. The number of aromatic nitrogens is 3. The number of fused-ring (bicyclic) bond motifs is 1. The summed E-state index contributed by atoms with van der Waals surface area (Å²) in [4.78, 5) is 14.3. The third-order valence-corrected chi connectivity index (χ3v) is 4.22. The highest BCUT2D eigenvalue weighted by atomic mass is 16.3. The molecule has 5 heteroatoms. The van der Waals surface area contributed by atoms with E-state index in [1.807, 2.05) is 31.3 Å². The van der Waals surface area contributed by atoms with Crippen LogP contribution in [0.2, 0.25) is 0 Å². The molecule has 22 heavy (non-hydrogen) atoms. The van der Waals surface area contributed by atoms with Crippen molar-refractivity contribution in [3.05, 3.63) is 42.7 Å². The minimum Gasteiger partial charge on any atom is -0.388 e.